The summed E-state index contributed by atoms with van der Waals surface area (Å²) in [4.78, 5) is -0.450. The lowest BCUT2D eigenvalue weighted by Crippen LogP contribution is -2.46. The van der Waals surface area contributed by atoms with Crippen molar-refractivity contribution in [1.29, 1.82) is 0 Å². The molecule has 6 heteroatoms. The van der Waals surface area contributed by atoms with E-state index in [0.29, 0.717) is 24.8 Å². The van der Waals surface area contributed by atoms with E-state index in [2.05, 4.69) is 0 Å². The Balaban J connectivity index is 2.37. The fraction of sp³-hybridized carbons (Fsp3) is 0.600. The van der Waals surface area contributed by atoms with Gasteiger partial charge in [0.15, 0.2) is 9.84 Å². The molecule has 1 fully saturated rings. The zero-order valence-electron chi connectivity index (χ0n) is 12.2. The summed E-state index contributed by atoms with van der Waals surface area (Å²) in [7, 11) is -3.89. The third-order valence-corrected chi connectivity index (χ3v) is 6.71. The fourth-order valence-corrected chi connectivity index (χ4v) is 5.03. The molecule has 2 rings (SSSR count). The van der Waals surface area contributed by atoms with Crippen LogP contribution in [0.5, 0.6) is 0 Å². The van der Waals surface area contributed by atoms with Gasteiger partial charge in [-0.1, -0.05) is 13.8 Å². The molecule has 1 aliphatic rings. The van der Waals surface area contributed by atoms with Crippen LogP contribution in [0, 0.1) is 23.5 Å². The standard InChI is InChI=1S/C15H21F2NO2S/c1-9(2)10-3-5-13(18)15(7-10)21(19,20)14-6-4-11(16)8-12(14)17/h4,6,8-10,13,15H,3,5,7,18H2,1-2H3. The Morgan fingerprint density at radius 3 is 2.48 bits per heavy atom. The van der Waals surface area contributed by atoms with Gasteiger partial charge < -0.3 is 5.73 Å². The number of sulfone groups is 1. The summed E-state index contributed by atoms with van der Waals surface area (Å²) in [6.45, 7) is 4.09. The molecule has 118 valence electrons. The summed E-state index contributed by atoms with van der Waals surface area (Å²) in [5.41, 5.74) is 5.97. The highest BCUT2D eigenvalue weighted by molar-refractivity contribution is 7.92. The van der Waals surface area contributed by atoms with Crippen molar-refractivity contribution in [3.8, 4) is 0 Å². The monoisotopic (exact) mass is 317 g/mol. The van der Waals surface area contributed by atoms with E-state index in [1.54, 1.807) is 0 Å². The number of benzene rings is 1. The molecule has 3 atom stereocenters. The van der Waals surface area contributed by atoms with Crippen LogP contribution in [0.15, 0.2) is 23.1 Å². The second kappa shape index (κ2) is 6.01. The van der Waals surface area contributed by atoms with Crippen LogP contribution in [0.25, 0.3) is 0 Å². The lowest BCUT2D eigenvalue weighted by molar-refractivity contribution is 0.260. The average molecular weight is 317 g/mol. The van der Waals surface area contributed by atoms with Crippen molar-refractivity contribution in [3.63, 3.8) is 0 Å². The minimum Gasteiger partial charge on any atom is -0.327 e. The molecule has 1 aromatic carbocycles. The molecule has 0 aliphatic heterocycles. The predicted octanol–water partition coefficient (Wildman–Crippen LogP) is 2.89. The van der Waals surface area contributed by atoms with Crippen molar-refractivity contribution in [2.24, 2.45) is 17.6 Å². The number of rotatable bonds is 3. The maximum atomic E-state index is 13.8. The van der Waals surface area contributed by atoms with Crippen LogP contribution in [0.1, 0.15) is 33.1 Å². The molecule has 21 heavy (non-hydrogen) atoms. The molecule has 0 heterocycles. The van der Waals surface area contributed by atoms with Gasteiger partial charge in [-0.25, -0.2) is 17.2 Å². The van der Waals surface area contributed by atoms with Crippen LogP contribution in [-0.4, -0.2) is 19.7 Å². The largest absolute Gasteiger partial charge is 0.327 e. The lowest BCUT2D eigenvalue weighted by Gasteiger charge is -2.35. The second-order valence-electron chi connectivity index (χ2n) is 6.14. The summed E-state index contributed by atoms with van der Waals surface area (Å²) in [6, 6.07) is 2.05. The second-order valence-corrected chi connectivity index (χ2v) is 8.27. The molecule has 0 amide bonds. The van der Waals surface area contributed by atoms with Gasteiger partial charge in [-0.2, -0.15) is 0 Å². The molecule has 3 nitrogen and oxygen atoms in total. The zero-order chi connectivity index (χ0) is 15.8. The van der Waals surface area contributed by atoms with E-state index < -0.39 is 37.7 Å². The summed E-state index contributed by atoms with van der Waals surface area (Å²) < 4.78 is 52.1. The van der Waals surface area contributed by atoms with Gasteiger partial charge in [-0.15, -0.1) is 0 Å². The summed E-state index contributed by atoms with van der Waals surface area (Å²) in [5.74, 6) is -1.23. The van der Waals surface area contributed by atoms with E-state index >= 15 is 0 Å². The molecule has 0 radical (unpaired) electrons. The predicted molar refractivity (Wildman–Crippen MR) is 77.5 cm³/mol. The highest BCUT2D eigenvalue weighted by Crippen LogP contribution is 2.35. The van der Waals surface area contributed by atoms with E-state index in [1.165, 1.54) is 0 Å². The summed E-state index contributed by atoms with van der Waals surface area (Å²) in [6.07, 6.45) is 1.92. The Morgan fingerprint density at radius 1 is 1.24 bits per heavy atom. The molecule has 3 unspecified atom stereocenters. The Hall–Kier alpha value is -1.01. The quantitative estimate of drug-likeness (QED) is 0.872. The first-order valence-corrected chi connectivity index (χ1v) is 8.72. The number of nitrogens with two attached hydrogens (primary N) is 1. The van der Waals surface area contributed by atoms with Crippen molar-refractivity contribution in [3.05, 3.63) is 29.8 Å². The third-order valence-electron chi connectivity index (χ3n) is 4.43. The van der Waals surface area contributed by atoms with Gasteiger partial charge in [0.1, 0.15) is 16.5 Å². The Labute approximate surface area is 124 Å². The molecule has 1 aliphatic carbocycles. The van der Waals surface area contributed by atoms with Crippen LogP contribution in [0.4, 0.5) is 8.78 Å². The molecular weight excluding hydrogens is 296 g/mol. The molecule has 0 bridgehead atoms. The number of hydrogen-bond donors (Lipinski definition) is 1. The van der Waals surface area contributed by atoms with Gasteiger partial charge in [0.2, 0.25) is 0 Å². The molecule has 0 spiro atoms. The van der Waals surface area contributed by atoms with Crippen LogP contribution >= 0.6 is 0 Å². The van der Waals surface area contributed by atoms with Crippen molar-refractivity contribution in [2.75, 3.05) is 0 Å². The van der Waals surface area contributed by atoms with E-state index in [9.17, 15) is 17.2 Å². The van der Waals surface area contributed by atoms with E-state index in [4.69, 9.17) is 5.73 Å². The normalized spacial score (nSPS) is 27.0. The van der Waals surface area contributed by atoms with Gasteiger partial charge in [-0.3, -0.25) is 0 Å². The highest BCUT2D eigenvalue weighted by atomic mass is 32.2. The maximum absolute atomic E-state index is 13.8. The van der Waals surface area contributed by atoms with Gasteiger partial charge >= 0.3 is 0 Å². The maximum Gasteiger partial charge on any atom is 0.185 e. The molecule has 2 N–H and O–H groups in total. The first-order chi connectivity index (χ1) is 9.73. The van der Waals surface area contributed by atoms with Gasteiger partial charge in [0, 0.05) is 12.1 Å². The zero-order valence-corrected chi connectivity index (χ0v) is 13.0. The van der Waals surface area contributed by atoms with Gasteiger partial charge in [0.05, 0.1) is 5.25 Å². The summed E-state index contributed by atoms with van der Waals surface area (Å²) in [5, 5.41) is -0.807. The van der Waals surface area contributed by atoms with Gasteiger partial charge in [0.25, 0.3) is 0 Å². The Morgan fingerprint density at radius 2 is 1.90 bits per heavy atom. The minimum atomic E-state index is -3.89. The molecule has 1 aromatic rings. The first-order valence-electron chi connectivity index (χ1n) is 7.18. The van der Waals surface area contributed by atoms with E-state index in [-0.39, 0.29) is 5.92 Å². The minimum absolute atomic E-state index is 0.257. The van der Waals surface area contributed by atoms with Crippen LogP contribution < -0.4 is 5.73 Å². The molecule has 0 saturated heterocycles. The van der Waals surface area contributed by atoms with Crippen LogP contribution in [0.2, 0.25) is 0 Å². The van der Waals surface area contributed by atoms with Gasteiger partial charge in [-0.05, 0) is 43.2 Å². The molecule has 1 saturated carbocycles. The fourth-order valence-electron chi connectivity index (χ4n) is 3.01. The smallest absolute Gasteiger partial charge is 0.185 e. The van der Waals surface area contributed by atoms with E-state index in [0.717, 1.165) is 18.6 Å². The number of hydrogen-bond acceptors (Lipinski definition) is 3. The van der Waals surface area contributed by atoms with Crippen LogP contribution in [0.3, 0.4) is 0 Å². The first kappa shape index (κ1) is 16.4. The topological polar surface area (TPSA) is 60.2 Å². The van der Waals surface area contributed by atoms with Crippen molar-refractivity contribution in [1.82, 2.24) is 0 Å². The SMILES string of the molecule is CC(C)C1CCC(N)C(S(=O)(=O)c2ccc(F)cc2F)C1. The van der Waals surface area contributed by atoms with E-state index in [1.807, 2.05) is 13.8 Å². The van der Waals surface area contributed by atoms with Crippen LogP contribution in [-0.2, 0) is 9.84 Å². The Bertz CT molecular complexity index is 616. The lowest BCUT2D eigenvalue weighted by atomic mass is 9.79. The molecule has 0 aromatic heterocycles. The van der Waals surface area contributed by atoms with Crippen molar-refractivity contribution < 1.29 is 17.2 Å². The number of halogens is 2. The molecular formula is C15H21F2NO2S. The van der Waals surface area contributed by atoms with Crippen molar-refractivity contribution in [2.45, 2.75) is 49.3 Å². The third kappa shape index (κ3) is 3.26. The average Bonchev–Trinajstić information content (AvgIpc) is 2.38. The highest BCUT2D eigenvalue weighted by Gasteiger charge is 2.40. The Kier molecular flexibility index (Phi) is 4.68. The van der Waals surface area contributed by atoms with Crippen molar-refractivity contribution >= 4 is 9.84 Å². The summed E-state index contributed by atoms with van der Waals surface area (Å²) >= 11 is 0.